The number of nitrogens with one attached hydrogen (secondary N) is 1. The zero-order valence-electron chi connectivity index (χ0n) is 12.1. The van der Waals surface area contributed by atoms with Crippen molar-refractivity contribution in [2.45, 2.75) is 52.0 Å². The summed E-state index contributed by atoms with van der Waals surface area (Å²) < 4.78 is 28.8. The largest absolute Gasteiger partial charge is 0.481 e. The molecule has 0 radical (unpaired) electrons. The Kier molecular flexibility index (Phi) is 4.41. The van der Waals surface area contributed by atoms with Gasteiger partial charge in [0.15, 0.2) is 0 Å². The molecule has 1 aliphatic carbocycles. The van der Waals surface area contributed by atoms with E-state index in [1.54, 1.807) is 0 Å². The molecule has 1 saturated heterocycles. The number of piperidine rings is 1. The molecule has 20 heavy (non-hydrogen) atoms. The van der Waals surface area contributed by atoms with Crippen LogP contribution in [0.1, 0.15) is 46.0 Å². The summed E-state index contributed by atoms with van der Waals surface area (Å²) in [6, 6.07) is 0.00666. The zero-order chi connectivity index (χ0) is 15.0. The molecule has 0 aromatic carbocycles. The predicted molar refractivity (Wildman–Crippen MR) is 75.4 cm³/mol. The SMILES string of the molecule is CC1(C)CCC(NS(=O)(=O)N2CCC(C(=O)O)CC2)C1. The molecular weight excluding hydrogens is 280 g/mol. The fraction of sp³-hybridized carbons (Fsp3) is 0.923. The minimum absolute atomic E-state index is 0.00666. The van der Waals surface area contributed by atoms with Crippen molar-refractivity contribution in [3.8, 4) is 0 Å². The van der Waals surface area contributed by atoms with Crippen LogP contribution >= 0.6 is 0 Å². The number of carbonyl (C=O) groups is 1. The fourth-order valence-corrected chi connectivity index (χ4v) is 4.63. The van der Waals surface area contributed by atoms with Gasteiger partial charge in [-0.05, 0) is 37.5 Å². The maximum absolute atomic E-state index is 12.3. The third-order valence-corrected chi connectivity index (χ3v) is 6.10. The second kappa shape index (κ2) is 5.61. The van der Waals surface area contributed by atoms with Crippen molar-refractivity contribution in [2.24, 2.45) is 11.3 Å². The lowest BCUT2D eigenvalue weighted by Crippen LogP contribution is -2.48. The molecule has 1 heterocycles. The average molecular weight is 304 g/mol. The molecule has 1 atom stereocenters. The van der Waals surface area contributed by atoms with E-state index in [1.165, 1.54) is 4.31 Å². The first kappa shape index (κ1) is 15.7. The van der Waals surface area contributed by atoms with E-state index in [0.717, 1.165) is 19.3 Å². The van der Waals surface area contributed by atoms with Gasteiger partial charge in [0.1, 0.15) is 0 Å². The lowest BCUT2D eigenvalue weighted by molar-refractivity contribution is -0.142. The Bertz CT molecular complexity index is 467. The van der Waals surface area contributed by atoms with E-state index >= 15 is 0 Å². The maximum atomic E-state index is 12.3. The van der Waals surface area contributed by atoms with Gasteiger partial charge in [0.2, 0.25) is 0 Å². The molecule has 1 aliphatic heterocycles. The van der Waals surface area contributed by atoms with Crippen LogP contribution in [0.15, 0.2) is 0 Å². The number of aliphatic carboxylic acids is 1. The first-order chi connectivity index (χ1) is 9.20. The number of rotatable bonds is 4. The van der Waals surface area contributed by atoms with Crippen LogP contribution in [0.4, 0.5) is 0 Å². The van der Waals surface area contributed by atoms with Crippen LogP contribution in [0.25, 0.3) is 0 Å². The molecule has 0 bridgehead atoms. The molecule has 1 saturated carbocycles. The van der Waals surface area contributed by atoms with Crippen LogP contribution in [-0.2, 0) is 15.0 Å². The summed E-state index contributed by atoms with van der Waals surface area (Å²) in [6.07, 6.45) is 3.55. The molecule has 116 valence electrons. The first-order valence-electron chi connectivity index (χ1n) is 7.20. The van der Waals surface area contributed by atoms with Crippen molar-refractivity contribution in [1.82, 2.24) is 9.03 Å². The standard InChI is InChI=1S/C13H24N2O4S/c1-13(2)6-3-11(9-13)14-20(18,19)15-7-4-10(5-8-15)12(16)17/h10-11,14H,3-9H2,1-2H3,(H,16,17). The van der Waals surface area contributed by atoms with Gasteiger partial charge in [0, 0.05) is 19.1 Å². The molecular formula is C13H24N2O4S. The summed E-state index contributed by atoms with van der Waals surface area (Å²) in [6.45, 7) is 4.89. The molecule has 0 aromatic heterocycles. The molecule has 0 aromatic rings. The van der Waals surface area contributed by atoms with Crippen molar-refractivity contribution in [2.75, 3.05) is 13.1 Å². The van der Waals surface area contributed by atoms with Crippen LogP contribution in [0.3, 0.4) is 0 Å². The van der Waals surface area contributed by atoms with Crippen LogP contribution in [-0.4, -0.2) is 42.9 Å². The lowest BCUT2D eigenvalue weighted by Gasteiger charge is -2.30. The quantitative estimate of drug-likeness (QED) is 0.817. The summed E-state index contributed by atoms with van der Waals surface area (Å²) >= 11 is 0. The van der Waals surface area contributed by atoms with Gasteiger partial charge in [0.05, 0.1) is 5.92 Å². The highest BCUT2D eigenvalue weighted by molar-refractivity contribution is 7.87. The van der Waals surface area contributed by atoms with Gasteiger partial charge in [0.25, 0.3) is 10.2 Å². The maximum Gasteiger partial charge on any atom is 0.306 e. The molecule has 2 aliphatic rings. The lowest BCUT2D eigenvalue weighted by atomic mass is 9.92. The summed E-state index contributed by atoms with van der Waals surface area (Å²) in [5.41, 5.74) is 0.198. The number of carboxylic acids is 1. The molecule has 2 N–H and O–H groups in total. The van der Waals surface area contributed by atoms with Crippen molar-refractivity contribution in [3.05, 3.63) is 0 Å². The van der Waals surface area contributed by atoms with Crippen molar-refractivity contribution in [3.63, 3.8) is 0 Å². The third kappa shape index (κ3) is 3.71. The van der Waals surface area contributed by atoms with Gasteiger partial charge in [-0.1, -0.05) is 13.8 Å². The van der Waals surface area contributed by atoms with Crippen molar-refractivity contribution < 1.29 is 18.3 Å². The topological polar surface area (TPSA) is 86.7 Å². The average Bonchev–Trinajstić information content (AvgIpc) is 2.68. The van der Waals surface area contributed by atoms with Gasteiger partial charge < -0.3 is 5.11 Å². The van der Waals surface area contributed by atoms with Gasteiger partial charge in [-0.2, -0.15) is 17.4 Å². The highest BCUT2D eigenvalue weighted by atomic mass is 32.2. The second-order valence-corrected chi connectivity index (χ2v) is 8.44. The van der Waals surface area contributed by atoms with Crippen LogP contribution in [0, 0.1) is 11.3 Å². The first-order valence-corrected chi connectivity index (χ1v) is 8.64. The third-order valence-electron chi connectivity index (χ3n) is 4.43. The molecule has 7 heteroatoms. The second-order valence-electron chi connectivity index (χ2n) is 6.74. The monoisotopic (exact) mass is 304 g/mol. The van der Waals surface area contributed by atoms with E-state index in [-0.39, 0.29) is 11.5 Å². The van der Waals surface area contributed by atoms with E-state index in [2.05, 4.69) is 18.6 Å². The van der Waals surface area contributed by atoms with Crippen LogP contribution < -0.4 is 4.72 Å². The molecule has 0 amide bonds. The Morgan fingerprint density at radius 1 is 1.25 bits per heavy atom. The van der Waals surface area contributed by atoms with Crippen LogP contribution in [0.5, 0.6) is 0 Å². The Balaban J connectivity index is 1.90. The minimum Gasteiger partial charge on any atom is -0.481 e. The zero-order valence-corrected chi connectivity index (χ0v) is 12.9. The number of hydrogen-bond donors (Lipinski definition) is 2. The summed E-state index contributed by atoms with van der Waals surface area (Å²) in [5, 5.41) is 8.93. The minimum atomic E-state index is -3.48. The summed E-state index contributed by atoms with van der Waals surface area (Å²) in [4.78, 5) is 10.9. The van der Waals surface area contributed by atoms with Crippen molar-refractivity contribution >= 4 is 16.2 Å². The molecule has 2 fully saturated rings. The van der Waals surface area contributed by atoms with E-state index in [0.29, 0.717) is 25.9 Å². The number of hydrogen-bond acceptors (Lipinski definition) is 3. The molecule has 2 rings (SSSR count). The smallest absolute Gasteiger partial charge is 0.306 e. The van der Waals surface area contributed by atoms with Gasteiger partial charge in [-0.25, -0.2) is 0 Å². The van der Waals surface area contributed by atoms with E-state index < -0.39 is 22.1 Å². The Hall–Kier alpha value is -0.660. The predicted octanol–water partition coefficient (Wildman–Crippen LogP) is 1.20. The Labute approximate surface area is 120 Å². The summed E-state index contributed by atoms with van der Waals surface area (Å²) in [7, 11) is -3.48. The van der Waals surface area contributed by atoms with Crippen LogP contribution in [0.2, 0.25) is 0 Å². The number of nitrogens with zero attached hydrogens (tertiary/aromatic N) is 1. The molecule has 0 spiro atoms. The molecule has 6 nitrogen and oxygen atoms in total. The highest BCUT2D eigenvalue weighted by Crippen LogP contribution is 2.37. The normalized spacial score (nSPS) is 28.6. The van der Waals surface area contributed by atoms with E-state index in [4.69, 9.17) is 5.11 Å². The van der Waals surface area contributed by atoms with Gasteiger partial charge in [-0.3, -0.25) is 4.79 Å². The van der Waals surface area contributed by atoms with Gasteiger partial charge in [-0.15, -0.1) is 0 Å². The van der Waals surface area contributed by atoms with Gasteiger partial charge >= 0.3 is 5.97 Å². The van der Waals surface area contributed by atoms with E-state index in [9.17, 15) is 13.2 Å². The number of carboxylic acid groups (broad SMARTS) is 1. The van der Waals surface area contributed by atoms with E-state index in [1.807, 2.05) is 0 Å². The Morgan fingerprint density at radius 3 is 2.30 bits per heavy atom. The Morgan fingerprint density at radius 2 is 1.85 bits per heavy atom. The molecule has 1 unspecified atom stereocenters. The summed E-state index contributed by atoms with van der Waals surface area (Å²) in [5.74, 6) is -1.24. The fourth-order valence-electron chi connectivity index (χ4n) is 3.16. The van der Waals surface area contributed by atoms with Crippen molar-refractivity contribution in [1.29, 1.82) is 0 Å². The highest BCUT2D eigenvalue weighted by Gasteiger charge is 2.36.